The summed E-state index contributed by atoms with van der Waals surface area (Å²) in [5, 5.41) is 6.11. The summed E-state index contributed by atoms with van der Waals surface area (Å²) in [6.07, 6.45) is 0. The van der Waals surface area contributed by atoms with Crippen LogP contribution in [0.25, 0.3) is 0 Å². The second-order valence-corrected chi connectivity index (χ2v) is 5.14. The highest BCUT2D eigenvalue weighted by atomic mass is 35.5. The summed E-state index contributed by atoms with van der Waals surface area (Å²) in [4.78, 5) is 10.9. The van der Waals surface area contributed by atoms with Crippen LogP contribution < -0.4 is 10.6 Å². The highest BCUT2D eigenvalue weighted by Gasteiger charge is 2.01. The normalized spacial score (nSPS) is 10.4. The Labute approximate surface area is 128 Å². The number of nitrogens with one attached hydrogen (secondary N) is 2. The maximum atomic E-state index is 13.0. The zero-order valence-electron chi connectivity index (χ0n) is 11.6. The van der Waals surface area contributed by atoms with Crippen LogP contribution in [0, 0.1) is 5.82 Å². The van der Waals surface area contributed by atoms with Crippen LogP contribution in [0.15, 0.2) is 42.5 Å². The molecule has 0 heterocycles. The molecule has 2 aromatic carbocycles. The van der Waals surface area contributed by atoms with Crippen LogP contribution in [0.2, 0.25) is 5.02 Å². The van der Waals surface area contributed by atoms with Gasteiger partial charge in [0, 0.05) is 25.7 Å². The fourth-order valence-electron chi connectivity index (χ4n) is 1.91. The van der Waals surface area contributed by atoms with E-state index in [1.807, 2.05) is 24.3 Å². The molecule has 5 heteroatoms. The van der Waals surface area contributed by atoms with E-state index < -0.39 is 5.82 Å². The van der Waals surface area contributed by atoms with E-state index in [9.17, 15) is 9.18 Å². The lowest BCUT2D eigenvalue weighted by Crippen LogP contribution is -2.13. The van der Waals surface area contributed by atoms with Crippen molar-refractivity contribution in [2.75, 3.05) is 5.32 Å². The van der Waals surface area contributed by atoms with E-state index in [1.54, 1.807) is 12.1 Å². The molecule has 2 aromatic rings. The van der Waals surface area contributed by atoms with Crippen LogP contribution in [-0.4, -0.2) is 5.91 Å². The monoisotopic (exact) mass is 306 g/mol. The quantitative estimate of drug-likeness (QED) is 0.884. The van der Waals surface area contributed by atoms with Gasteiger partial charge in [0.2, 0.25) is 5.91 Å². The molecule has 0 radical (unpaired) electrons. The summed E-state index contributed by atoms with van der Waals surface area (Å²) in [5.74, 6) is -0.497. The molecule has 110 valence electrons. The third kappa shape index (κ3) is 4.85. The van der Waals surface area contributed by atoms with E-state index in [0.29, 0.717) is 13.1 Å². The number of hydrogen-bond acceptors (Lipinski definition) is 2. The minimum Gasteiger partial charge on any atom is -0.326 e. The summed E-state index contributed by atoms with van der Waals surface area (Å²) >= 11 is 5.73. The first-order chi connectivity index (χ1) is 10.0. The fourth-order valence-corrected chi connectivity index (χ4v) is 2.11. The first kappa shape index (κ1) is 15.5. The zero-order chi connectivity index (χ0) is 15.2. The lowest BCUT2D eigenvalue weighted by Gasteiger charge is -2.07. The Hall–Kier alpha value is -1.91. The molecule has 2 N–H and O–H groups in total. The Morgan fingerprint density at radius 2 is 1.71 bits per heavy atom. The predicted molar refractivity (Wildman–Crippen MR) is 82.7 cm³/mol. The zero-order valence-corrected chi connectivity index (χ0v) is 12.4. The van der Waals surface area contributed by atoms with Gasteiger partial charge in [0.05, 0.1) is 5.02 Å². The molecule has 0 aliphatic carbocycles. The smallest absolute Gasteiger partial charge is 0.221 e. The molecule has 0 aromatic heterocycles. The molecule has 21 heavy (non-hydrogen) atoms. The third-order valence-corrected chi connectivity index (χ3v) is 3.21. The van der Waals surface area contributed by atoms with Gasteiger partial charge in [0.1, 0.15) is 5.82 Å². The van der Waals surface area contributed by atoms with Gasteiger partial charge in [0.25, 0.3) is 0 Å². The van der Waals surface area contributed by atoms with E-state index in [-0.39, 0.29) is 10.9 Å². The molecule has 0 saturated heterocycles. The predicted octanol–water partition coefficient (Wildman–Crippen LogP) is 3.73. The van der Waals surface area contributed by atoms with Gasteiger partial charge in [-0.15, -0.1) is 0 Å². The average Bonchev–Trinajstić information content (AvgIpc) is 2.44. The number of carbonyl (C=O) groups is 1. The Bertz CT molecular complexity index is 629. The summed E-state index contributed by atoms with van der Waals surface area (Å²) in [6, 6.07) is 12.3. The second kappa shape index (κ2) is 7.20. The molecular weight excluding hydrogens is 291 g/mol. The molecular formula is C16H16ClFN2O. The summed E-state index contributed by atoms with van der Waals surface area (Å²) in [6.45, 7) is 2.76. The first-order valence-electron chi connectivity index (χ1n) is 6.56. The highest BCUT2D eigenvalue weighted by Crippen LogP contribution is 2.16. The van der Waals surface area contributed by atoms with Crippen LogP contribution in [0.5, 0.6) is 0 Å². The lowest BCUT2D eigenvalue weighted by atomic mass is 10.2. The van der Waals surface area contributed by atoms with E-state index in [4.69, 9.17) is 11.6 Å². The minimum absolute atomic E-state index is 0.0888. The molecule has 0 saturated carbocycles. The van der Waals surface area contributed by atoms with Gasteiger partial charge in [-0.1, -0.05) is 29.8 Å². The van der Waals surface area contributed by atoms with Crippen molar-refractivity contribution in [1.82, 2.24) is 5.32 Å². The van der Waals surface area contributed by atoms with Crippen LogP contribution in [0.4, 0.5) is 10.1 Å². The number of anilines is 1. The van der Waals surface area contributed by atoms with Gasteiger partial charge in [-0.25, -0.2) is 4.39 Å². The van der Waals surface area contributed by atoms with E-state index >= 15 is 0 Å². The summed E-state index contributed by atoms with van der Waals surface area (Å²) in [7, 11) is 0. The topological polar surface area (TPSA) is 41.1 Å². The van der Waals surface area contributed by atoms with Gasteiger partial charge in [-0.2, -0.15) is 0 Å². The van der Waals surface area contributed by atoms with Gasteiger partial charge < -0.3 is 10.6 Å². The maximum absolute atomic E-state index is 13.0. The molecule has 0 bridgehead atoms. The van der Waals surface area contributed by atoms with E-state index in [0.717, 1.165) is 16.8 Å². The Balaban J connectivity index is 1.85. The molecule has 0 fully saturated rings. The lowest BCUT2D eigenvalue weighted by molar-refractivity contribution is -0.114. The van der Waals surface area contributed by atoms with E-state index in [1.165, 1.54) is 13.0 Å². The van der Waals surface area contributed by atoms with Gasteiger partial charge in [-0.05, 0) is 35.4 Å². The number of hydrogen-bond donors (Lipinski definition) is 2. The van der Waals surface area contributed by atoms with Gasteiger partial charge >= 0.3 is 0 Å². The van der Waals surface area contributed by atoms with Crippen molar-refractivity contribution >= 4 is 23.2 Å². The van der Waals surface area contributed by atoms with Crippen molar-refractivity contribution in [3.05, 3.63) is 64.4 Å². The van der Waals surface area contributed by atoms with Crippen molar-refractivity contribution in [2.45, 2.75) is 20.0 Å². The molecule has 0 aliphatic heterocycles. The van der Waals surface area contributed by atoms with Gasteiger partial charge in [-0.3, -0.25) is 4.79 Å². The number of rotatable bonds is 5. The largest absolute Gasteiger partial charge is 0.326 e. The number of amides is 1. The fraction of sp³-hybridized carbons (Fsp3) is 0.188. The van der Waals surface area contributed by atoms with E-state index in [2.05, 4.69) is 10.6 Å². The van der Waals surface area contributed by atoms with Crippen molar-refractivity contribution in [3.63, 3.8) is 0 Å². The average molecular weight is 307 g/mol. The van der Waals surface area contributed by atoms with Crippen molar-refractivity contribution in [2.24, 2.45) is 0 Å². The Morgan fingerprint density at radius 1 is 1.10 bits per heavy atom. The molecule has 1 amide bonds. The molecule has 0 aliphatic rings. The van der Waals surface area contributed by atoms with Crippen molar-refractivity contribution in [3.8, 4) is 0 Å². The second-order valence-electron chi connectivity index (χ2n) is 4.73. The van der Waals surface area contributed by atoms with Crippen LogP contribution in [0.1, 0.15) is 18.1 Å². The molecule has 0 unspecified atom stereocenters. The van der Waals surface area contributed by atoms with Crippen molar-refractivity contribution < 1.29 is 9.18 Å². The number of carbonyl (C=O) groups excluding carboxylic acids is 1. The van der Waals surface area contributed by atoms with Crippen LogP contribution in [0.3, 0.4) is 0 Å². The molecule has 0 atom stereocenters. The highest BCUT2D eigenvalue weighted by molar-refractivity contribution is 6.30. The summed E-state index contributed by atoms with van der Waals surface area (Å²) < 4.78 is 13.0. The number of halogens is 2. The molecule has 0 spiro atoms. The first-order valence-corrected chi connectivity index (χ1v) is 6.93. The van der Waals surface area contributed by atoms with Gasteiger partial charge in [0.15, 0.2) is 0 Å². The molecule has 3 nitrogen and oxygen atoms in total. The van der Waals surface area contributed by atoms with Crippen LogP contribution in [-0.2, 0) is 17.9 Å². The summed E-state index contributed by atoms with van der Waals surface area (Å²) in [5.41, 5.74) is 2.80. The minimum atomic E-state index is -0.408. The van der Waals surface area contributed by atoms with Crippen LogP contribution >= 0.6 is 11.6 Å². The SMILES string of the molecule is CC(=O)Nc1ccc(CNCc2ccc(F)c(Cl)c2)cc1. The Morgan fingerprint density at radius 3 is 2.33 bits per heavy atom. The molecule has 2 rings (SSSR count). The number of benzene rings is 2. The standard InChI is InChI=1S/C16H16ClFN2O/c1-11(21)20-14-5-2-12(3-6-14)9-19-10-13-4-7-16(18)15(17)8-13/h2-8,19H,9-10H2,1H3,(H,20,21). The maximum Gasteiger partial charge on any atom is 0.221 e. The Kier molecular flexibility index (Phi) is 5.31. The van der Waals surface area contributed by atoms with Crippen molar-refractivity contribution in [1.29, 1.82) is 0 Å². The third-order valence-electron chi connectivity index (χ3n) is 2.92.